The molecule has 3 atom stereocenters. The van der Waals surface area contributed by atoms with Crippen molar-refractivity contribution < 1.29 is 0 Å². The van der Waals surface area contributed by atoms with Crippen LogP contribution in [0.3, 0.4) is 0 Å². The molecule has 1 nitrogen and oxygen atoms in total. The Bertz CT molecular complexity index is 841. The molecule has 0 saturated heterocycles. The third-order valence-corrected chi connectivity index (χ3v) is 6.19. The van der Waals surface area contributed by atoms with E-state index in [1.165, 1.54) is 36.8 Å². The lowest BCUT2D eigenvalue weighted by Gasteiger charge is -2.22. The summed E-state index contributed by atoms with van der Waals surface area (Å²) in [6.45, 7) is 5.79. The Balaban J connectivity index is 1.57. The highest BCUT2D eigenvalue weighted by Crippen LogP contribution is 2.52. The van der Waals surface area contributed by atoms with E-state index in [1.54, 1.807) is 11.6 Å². The number of benzene rings is 1. The maximum absolute atomic E-state index is 4.54. The van der Waals surface area contributed by atoms with E-state index in [0.717, 1.165) is 29.0 Å². The Labute approximate surface area is 157 Å². The van der Waals surface area contributed by atoms with Crippen LogP contribution >= 0.6 is 0 Å². The molecule has 26 heavy (non-hydrogen) atoms. The third-order valence-electron chi connectivity index (χ3n) is 6.19. The number of allylic oxidation sites excluding steroid dienone is 5. The normalized spacial score (nSPS) is 25.1. The van der Waals surface area contributed by atoms with Crippen molar-refractivity contribution >= 4 is 5.57 Å². The topological polar surface area (TPSA) is 12.9 Å². The minimum atomic E-state index is 0.800. The van der Waals surface area contributed by atoms with Gasteiger partial charge in [-0.15, -0.1) is 0 Å². The smallest absolute Gasteiger partial charge is 0.0704 e. The fraction of sp³-hybridized carbons (Fsp3) is 0.320. The average Bonchev–Trinajstić information content (AvgIpc) is 3.33. The van der Waals surface area contributed by atoms with Crippen molar-refractivity contribution in [1.29, 1.82) is 0 Å². The first-order valence-electron chi connectivity index (χ1n) is 9.80. The van der Waals surface area contributed by atoms with Crippen LogP contribution in [-0.2, 0) is 0 Å². The van der Waals surface area contributed by atoms with Gasteiger partial charge in [0.25, 0.3) is 0 Å². The largest absolute Gasteiger partial charge is 0.256 e. The molecule has 4 rings (SSSR count). The second-order valence-electron chi connectivity index (χ2n) is 7.67. The van der Waals surface area contributed by atoms with Crippen LogP contribution in [0.2, 0.25) is 0 Å². The van der Waals surface area contributed by atoms with Crippen LogP contribution in [-0.4, -0.2) is 4.98 Å². The van der Waals surface area contributed by atoms with Gasteiger partial charge in [-0.25, -0.2) is 0 Å². The van der Waals surface area contributed by atoms with Gasteiger partial charge in [-0.2, -0.15) is 0 Å². The van der Waals surface area contributed by atoms with E-state index in [9.17, 15) is 0 Å². The maximum atomic E-state index is 4.54. The zero-order valence-electron chi connectivity index (χ0n) is 15.6. The van der Waals surface area contributed by atoms with E-state index in [1.807, 2.05) is 19.2 Å². The first kappa shape index (κ1) is 17.0. The summed E-state index contributed by atoms with van der Waals surface area (Å²) < 4.78 is 0. The zero-order valence-corrected chi connectivity index (χ0v) is 15.6. The Morgan fingerprint density at radius 2 is 1.92 bits per heavy atom. The van der Waals surface area contributed by atoms with Crippen molar-refractivity contribution in [3.05, 3.63) is 84.7 Å². The van der Waals surface area contributed by atoms with Crippen LogP contribution in [0, 0.1) is 11.8 Å². The molecule has 0 N–H and O–H groups in total. The summed E-state index contributed by atoms with van der Waals surface area (Å²) in [7, 11) is 0. The van der Waals surface area contributed by atoms with Crippen molar-refractivity contribution in [3.63, 3.8) is 0 Å². The molecule has 2 saturated carbocycles. The third kappa shape index (κ3) is 3.31. The van der Waals surface area contributed by atoms with Crippen molar-refractivity contribution in [2.75, 3.05) is 0 Å². The second-order valence-corrected chi connectivity index (χ2v) is 7.67. The number of hydrogen-bond acceptors (Lipinski definition) is 1. The Hall–Kier alpha value is -2.41. The van der Waals surface area contributed by atoms with E-state index in [4.69, 9.17) is 0 Å². The van der Waals surface area contributed by atoms with Gasteiger partial charge in [-0.3, -0.25) is 4.98 Å². The Kier molecular flexibility index (Phi) is 4.88. The summed E-state index contributed by atoms with van der Waals surface area (Å²) in [5.41, 5.74) is 6.15. The van der Waals surface area contributed by atoms with Crippen molar-refractivity contribution in [1.82, 2.24) is 4.98 Å². The van der Waals surface area contributed by atoms with E-state index >= 15 is 0 Å². The standard InChI is InChI=1S/C25H27N/c1-3-5-6-19(4-2)25-17-22(13-14-26-25)20-9-11-21(12-10-20)24-16-18-7-8-23(24)15-18/h3-6,9-14,17-18,23-24H,1,7-8,15-16H2,2H3/b6-5-,19-4+. The van der Waals surface area contributed by atoms with E-state index in [-0.39, 0.29) is 0 Å². The van der Waals surface area contributed by atoms with Gasteiger partial charge in [-0.1, -0.05) is 61.6 Å². The average molecular weight is 341 g/mol. The predicted molar refractivity (Wildman–Crippen MR) is 111 cm³/mol. The molecule has 1 heterocycles. The Morgan fingerprint density at radius 3 is 2.58 bits per heavy atom. The molecule has 1 heteroatoms. The second kappa shape index (κ2) is 7.45. The van der Waals surface area contributed by atoms with Crippen molar-refractivity contribution in [3.8, 4) is 11.1 Å². The molecule has 2 aliphatic rings. The van der Waals surface area contributed by atoms with Crippen LogP contribution in [0.15, 0.2) is 73.5 Å². The van der Waals surface area contributed by atoms with Gasteiger partial charge in [0.1, 0.15) is 0 Å². The van der Waals surface area contributed by atoms with Crippen LogP contribution in [0.25, 0.3) is 16.7 Å². The van der Waals surface area contributed by atoms with E-state index < -0.39 is 0 Å². The van der Waals surface area contributed by atoms with Gasteiger partial charge in [0.2, 0.25) is 0 Å². The molecule has 0 aliphatic heterocycles. The molecular formula is C25H27N. The predicted octanol–water partition coefficient (Wildman–Crippen LogP) is 6.80. The summed E-state index contributed by atoms with van der Waals surface area (Å²) in [6, 6.07) is 13.6. The SMILES string of the molecule is C=C/C=C\C(=C/C)c1cc(-c2ccc(C3CC4CCC3C4)cc2)ccn1. The van der Waals surface area contributed by atoms with Crippen LogP contribution < -0.4 is 0 Å². The minimum Gasteiger partial charge on any atom is -0.256 e. The molecule has 0 amide bonds. The Morgan fingerprint density at radius 1 is 1.08 bits per heavy atom. The molecule has 0 radical (unpaired) electrons. The van der Waals surface area contributed by atoms with Gasteiger partial charge < -0.3 is 0 Å². The van der Waals surface area contributed by atoms with Crippen LogP contribution in [0.5, 0.6) is 0 Å². The highest BCUT2D eigenvalue weighted by Gasteiger charge is 2.39. The van der Waals surface area contributed by atoms with Crippen LogP contribution in [0.1, 0.15) is 49.8 Å². The van der Waals surface area contributed by atoms with Gasteiger partial charge in [0.05, 0.1) is 5.69 Å². The lowest BCUT2D eigenvalue weighted by Crippen LogP contribution is -2.08. The molecule has 2 aliphatic carbocycles. The van der Waals surface area contributed by atoms with E-state index in [2.05, 4.69) is 60.1 Å². The fourth-order valence-electron chi connectivity index (χ4n) is 4.84. The summed E-state index contributed by atoms with van der Waals surface area (Å²) in [6.07, 6.45) is 15.6. The fourth-order valence-corrected chi connectivity index (χ4v) is 4.84. The first-order chi connectivity index (χ1) is 12.8. The molecule has 2 bridgehead atoms. The number of aromatic nitrogens is 1. The number of fused-ring (bicyclic) bond motifs is 2. The maximum Gasteiger partial charge on any atom is 0.0704 e. The number of hydrogen-bond donors (Lipinski definition) is 0. The number of rotatable bonds is 5. The molecule has 1 aromatic heterocycles. The highest BCUT2D eigenvalue weighted by atomic mass is 14.7. The quantitative estimate of drug-likeness (QED) is 0.545. The molecule has 132 valence electrons. The molecular weight excluding hydrogens is 314 g/mol. The molecule has 0 spiro atoms. The molecule has 2 aromatic rings. The monoisotopic (exact) mass is 341 g/mol. The summed E-state index contributed by atoms with van der Waals surface area (Å²) >= 11 is 0. The number of pyridine rings is 1. The summed E-state index contributed by atoms with van der Waals surface area (Å²) in [4.78, 5) is 4.54. The lowest BCUT2D eigenvalue weighted by atomic mass is 9.83. The van der Waals surface area contributed by atoms with E-state index in [0.29, 0.717) is 0 Å². The summed E-state index contributed by atoms with van der Waals surface area (Å²) in [5, 5.41) is 0. The molecule has 3 unspecified atom stereocenters. The van der Waals surface area contributed by atoms with Gasteiger partial charge in [0, 0.05) is 6.20 Å². The number of nitrogens with zero attached hydrogens (tertiary/aromatic N) is 1. The van der Waals surface area contributed by atoms with Gasteiger partial charge in [-0.05, 0) is 78.3 Å². The summed E-state index contributed by atoms with van der Waals surface area (Å²) in [5.74, 6) is 2.73. The highest BCUT2D eigenvalue weighted by molar-refractivity contribution is 5.75. The van der Waals surface area contributed by atoms with Gasteiger partial charge >= 0.3 is 0 Å². The lowest BCUT2D eigenvalue weighted by molar-refractivity contribution is 0.420. The van der Waals surface area contributed by atoms with Crippen molar-refractivity contribution in [2.45, 2.75) is 38.5 Å². The molecule has 1 aromatic carbocycles. The molecule has 2 fully saturated rings. The van der Waals surface area contributed by atoms with Gasteiger partial charge in [0.15, 0.2) is 0 Å². The van der Waals surface area contributed by atoms with Crippen LogP contribution in [0.4, 0.5) is 0 Å². The minimum absolute atomic E-state index is 0.800. The first-order valence-corrected chi connectivity index (χ1v) is 9.80. The zero-order chi connectivity index (χ0) is 17.9. The van der Waals surface area contributed by atoms with Crippen molar-refractivity contribution in [2.24, 2.45) is 11.8 Å².